The Kier molecular flexibility index (Phi) is 4.02. The lowest BCUT2D eigenvalue weighted by atomic mass is 9.98. The van der Waals surface area contributed by atoms with Gasteiger partial charge in [-0.25, -0.2) is 8.42 Å². The van der Waals surface area contributed by atoms with Crippen LogP contribution in [0.15, 0.2) is 51.8 Å². The van der Waals surface area contributed by atoms with Gasteiger partial charge in [-0.05, 0) is 58.1 Å². The fraction of sp³-hybridized carbons (Fsp3) is 0.294. The van der Waals surface area contributed by atoms with E-state index in [1.54, 1.807) is 22.5 Å². The molecule has 0 unspecified atom stereocenters. The first-order valence-electron chi connectivity index (χ1n) is 7.70. The molecule has 2 aliphatic rings. The third-order valence-electron chi connectivity index (χ3n) is 4.47. The second kappa shape index (κ2) is 6.06. The van der Waals surface area contributed by atoms with Crippen LogP contribution in [0.25, 0.3) is 0 Å². The fourth-order valence-electron chi connectivity index (χ4n) is 3.18. The highest BCUT2D eigenvalue weighted by Gasteiger charge is 2.34. The molecule has 0 aromatic heterocycles. The minimum Gasteiger partial charge on any atom is -0.454 e. The Labute approximate surface area is 149 Å². The molecule has 0 N–H and O–H groups in total. The number of halogens is 1. The minimum absolute atomic E-state index is 0.164. The quantitative estimate of drug-likeness (QED) is 0.779. The first-order valence-corrected chi connectivity index (χ1v) is 9.93. The van der Waals surface area contributed by atoms with Crippen molar-refractivity contribution in [1.82, 2.24) is 4.31 Å². The lowest BCUT2D eigenvalue weighted by molar-refractivity contribution is 0.174. The minimum atomic E-state index is -3.49. The molecule has 0 radical (unpaired) electrons. The summed E-state index contributed by atoms with van der Waals surface area (Å²) >= 11 is 3.34. The van der Waals surface area contributed by atoms with E-state index in [2.05, 4.69) is 15.9 Å². The largest absolute Gasteiger partial charge is 0.454 e. The molecule has 1 saturated heterocycles. The Balaban J connectivity index is 1.57. The predicted octanol–water partition coefficient (Wildman–Crippen LogP) is 3.36. The third kappa shape index (κ3) is 2.70. The Morgan fingerprint density at radius 2 is 1.88 bits per heavy atom. The molecule has 0 saturated carbocycles. The summed E-state index contributed by atoms with van der Waals surface area (Å²) in [6.07, 6.45) is 0.795. The SMILES string of the molecule is O=S(=O)(c1ccccc1Br)N1CC[C@H](c2ccc3c(c2)OCO3)C1. The summed E-state index contributed by atoms with van der Waals surface area (Å²) in [5, 5.41) is 0. The lowest BCUT2D eigenvalue weighted by Gasteiger charge is -2.17. The number of rotatable bonds is 3. The van der Waals surface area contributed by atoms with Crippen molar-refractivity contribution in [3.8, 4) is 11.5 Å². The maximum Gasteiger partial charge on any atom is 0.244 e. The molecule has 5 nitrogen and oxygen atoms in total. The van der Waals surface area contributed by atoms with E-state index in [1.807, 2.05) is 24.3 Å². The maximum atomic E-state index is 12.9. The summed E-state index contributed by atoms with van der Waals surface area (Å²) in [6, 6.07) is 12.8. The number of hydrogen-bond acceptors (Lipinski definition) is 4. The van der Waals surface area contributed by atoms with E-state index in [0.29, 0.717) is 22.5 Å². The van der Waals surface area contributed by atoms with E-state index >= 15 is 0 Å². The molecule has 2 aromatic carbocycles. The van der Waals surface area contributed by atoms with Crippen LogP contribution in [0.5, 0.6) is 11.5 Å². The van der Waals surface area contributed by atoms with Gasteiger partial charge < -0.3 is 9.47 Å². The topological polar surface area (TPSA) is 55.8 Å². The summed E-state index contributed by atoms with van der Waals surface area (Å²) in [5.41, 5.74) is 1.09. The highest BCUT2D eigenvalue weighted by atomic mass is 79.9. The van der Waals surface area contributed by atoms with Crippen molar-refractivity contribution >= 4 is 26.0 Å². The van der Waals surface area contributed by atoms with Crippen LogP contribution >= 0.6 is 15.9 Å². The molecule has 1 atom stereocenters. The van der Waals surface area contributed by atoms with Gasteiger partial charge in [0.05, 0.1) is 4.90 Å². The number of hydrogen-bond donors (Lipinski definition) is 0. The summed E-state index contributed by atoms with van der Waals surface area (Å²) in [6.45, 7) is 1.23. The second-order valence-electron chi connectivity index (χ2n) is 5.89. The third-order valence-corrected chi connectivity index (χ3v) is 7.35. The van der Waals surface area contributed by atoms with Gasteiger partial charge in [0.2, 0.25) is 16.8 Å². The van der Waals surface area contributed by atoms with Gasteiger partial charge in [0.25, 0.3) is 0 Å². The van der Waals surface area contributed by atoms with E-state index in [4.69, 9.17) is 9.47 Å². The molecular weight excluding hydrogens is 394 g/mol. The van der Waals surface area contributed by atoms with Gasteiger partial charge in [0.1, 0.15) is 0 Å². The summed E-state index contributed by atoms with van der Waals surface area (Å²) in [7, 11) is -3.49. The van der Waals surface area contributed by atoms with Gasteiger partial charge in [-0.2, -0.15) is 4.31 Å². The standard InChI is InChI=1S/C17H16BrNO4S/c18-14-3-1-2-4-17(14)24(20,21)19-8-7-13(10-19)12-5-6-15-16(9-12)23-11-22-15/h1-6,9,13H,7-8,10-11H2/t13-/m0/s1. The molecule has 4 rings (SSSR count). The van der Waals surface area contributed by atoms with Gasteiger partial charge in [0, 0.05) is 17.6 Å². The highest BCUT2D eigenvalue weighted by Crippen LogP contribution is 2.38. The normalized spacial score (nSPS) is 20.5. The zero-order valence-electron chi connectivity index (χ0n) is 12.8. The van der Waals surface area contributed by atoms with Crippen LogP contribution in [-0.2, 0) is 10.0 Å². The number of ether oxygens (including phenoxy) is 2. The second-order valence-corrected chi connectivity index (χ2v) is 8.65. The van der Waals surface area contributed by atoms with Gasteiger partial charge in [-0.1, -0.05) is 18.2 Å². The van der Waals surface area contributed by atoms with Crippen molar-refractivity contribution in [1.29, 1.82) is 0 Å². The molecule has 0 bridgehead atoms. The van der Waals surface area contributed by atoms with Crippen LogP contribution in [0.2, 0.25) is 0 Å². The summed E-state index contributed by atoms with van der Waals surface area (Å²) < 4.78 is 38.6. The van der Waals surface area contributed by atoms with Gasteiger partial charge >= 0.3 is 0 Å². The molecule has 0 aliphatic carbocycles. The van der Waals surface area contributed by atoms with E-state index < -0.39 is 10.0 Å². The van der Waals surface area contributed by atoms with Crippen molar-refractivity contribution < 1.29 is 17.9 Å². The Hall–Kier alpha value is -1.57. The van der Waals surface area contributed by atoms with E-state index in [1.165, 1.54) is 0 Å². The molecule has 1 fully saturated rings. The molecule has 2 aliphatic heterocycles. The van der Waals surface area contributed by atoms with Crippen LogP contribution in [0.1, 0.15) is 17.9 Å². The smallest absolute Gasteiger partial charge is 0.244 e. The zero-order valence-corrected chi connectivity index (χ0v) is 15.2. The van der Waals surface area contributed by atoms with Crippen molar-refractivity contribution in [2.75, 3.05) is 19.9 Å². The molecular formula is C17H16BrNO4S. The van der Waals surface area contributed by atoms with Crippen LogP contribution in [0.3, 0.4) is 0 Å². The van der Waals surface area contributed by atoms with Crippen molar-refractivity contribution in [3.63, 3.8) is 0 Å². The van der Waals surface area contributed by atoms with E-state index in [0.717, 1.165) is 23.5 Å². The monoisotopic (exact) mass is 409 g/mol. The number of benzene rings is 2. The highest BCUT2D eigenvalue weighted by molar-refractivity contribution is 9.10. The summed E-state index contributed by atoms with van der Waals surface area (Å²) in [4.78, 5) is 0.316. The predicted molar refractivity (Wildman–Crippen MR) is 92.8 cm³/mol. The zero-order chi connectivity index (χ0) is 16.7. The number of sulfonamides is 1. The molecule has 2 aromatic rings. The number of fused-ring (bicyclic) bond motifs is 1. The molecule has 2 heterocycles. The molecule has 126 valence electrons. The Morgan fingerprint density at radius 1 is 1.08 bits per heavy atom. The van der Waals surface area contributed by atoms with Gasteiger partial charge in [-0.3, -0.25) is 0 Å². The van der Waals surface area contributed by atoms with Crippen molar-refractivity contribution in [3.05, 3.63) is 52.5 Å². The maximum absolute atomic E-state index is 12.9. The molecule has 0 amide bonds. The van der Waals surface area contributed by atoms with E-state index in [9.17, 15) is 8.42 Å². The first kappa shape index (κ1) is 15.9. The van der Waals surface area contributed by atoms with Crippen LogP contribution in [0.4, 0.5) is 0 Å². The van der Waals surface area contributed by atoms with Crippen LogP contribution < -0.4 is 9.47 Å². The number of nitrogens with zero attached hydrogens (tertiary/aromatic N) is 1. The van der Waals surface area contributed by atoms with Crippen LogP contribution in [-0.4, -0.2) is 32.6 Å². The lowest BCUT2D eigenvalue weighted by Crippen LogP contribution is -2.28. The molecule has 24 heavy (non-hydrogen) atoms. The van der Waals surface area contributed by atoms with Crippen molar-refractivity contribution in [2.24, 2.45) is 0 Å². The van der Waals surface area contributed by atoms with E-state index in [-0.39, 0.29) is 12.7 Å². The Morgan fingerprint density at radius 3 is 2.71 bits per heavy atom. The molecule has 0 spiro atoms. The van der Waals surface area contributed by atoms with Gasteiger partial charge in [-0.15, -0.1) is 0 Å². The fourth-order valence-corrected chi connectivity index (χ4v) is 5.64. The molecule has 7 heteroatoms. The van der Waals surface area contributed by atoms with Crippen molar-refractivity contribution in [2.45, 2.75) is 17.2 Å². The first-order chi connectivity index (χ1) is 11.6. The summed E-state index contributed by atoms with van der Waals surface area (Å²) in [5.74, 6) is 1.64. The van der Waals surface area contributed by atoms with Crippen LogP contribution in [0, 0.1) is 0 Å². The van der Waals surface area contributed by atoms with Gasteiger partial charge in [0.15, 0.2) is 11.5 Å². The average molecular weight is 410 g/mol. The Bertz CT molecular complexity index is 884. The average Bonchev–Trinajstić information content (AvgIpc) is 3.24.